The Morgan fingerprint density at radius 2 is 1.66 bits per heavy atom. The largest absolute Gasteiger partial charge is 0.363 e. The Morgan fingerprint density at radius 1 is 1.07 bits per heavy atom. The summed E-state index contributed by atoms with van der Waals surface area (Å²) in [7, 11) is -1.75. The zero-order chi connectivity index (χ0) is 21.3. The SMILES string of the molecule is Cc1c(C#N)c(-c2ccc(-c3ccccc3NS(C)(=O)=O)cc2)c(C(O)O)n1C. The average Bonchev–Trinajstić information content (AvgIpc) is 2.92. The monoisotopic (exact) mass is 411 g/mol. The number of hydrogen-bond donors (Lipinski definition) is 3. The van der Waals surface area contributed by atoms with Gasteiger partial charge >= 0.3 is 0 Å². The van der Waals surface area contributed by atoms with Gasteiger partial charge in [0.1, 0.15) is 6.07 Å². The first kappa shape index (κ1) is 20.6. The molecule has 1 aromatic heterocycles. The van der Waals surface area contributed by atoms with E-state index in [-0.39, 0.29) is 5.69 Å². The van der Waals surface area contributed by atoms with Gasteiger partial charge in [-0.1, -0.05) is 42.5 Å². The number of nitriles is 1. The van der Waals surface area contributed by atoms with Crippen LogP contribution in [0.3, 0.4) is 0 Å². The Morgan fingerprint density at radius 3 is 2.21 bits per heavy atom. The smallest absolute Gasteiger partial charge is 0.229 e. The predicted octanol–water partition coefficient (Wildman–Crippen LogP) is 2.89. The highest BCUT2D eigenvalue weighted by Gasteiger charge is 2.23. The number of aliphatic hydroxyl groups excluding tert-OH is 1. The van der Waals surface area contributed by atoms with E-state index in [4.69, 9.17) is 0 Å². The van der Waals surface area contributed by atoms with Crippen LogP contribution in [0.4, 0.5) is 5.69 Å². The Balaban J connectivity index is 2.11. The number of nitrogens with one attached hydrogen (secondary N) is 1. The van der Waals surface area contributed by atoms with E-state index in [1.807, 2.05) is 6.07 Å². The summed E-state index contributed by atoms with van der Waals surface area (Å²) in [5.41, 5.74) is 4.32. The molecule has 3 N–H and O–H groups in total. The van der Waals surface area contributed by atoms with Crippen molar-refractivity contribution in [3.63, 3.8) is 0 Å². The van der Waals surface area contributed by atoms with Gasteiger partial charge in [0.2, 0.25) is 10.0 Å². The fourth-order valence-electron chi connectivity index (χ4n) is 3.40. The third-order valence-electron chi connectivity index (χ3n) is 4.80. The highest BCUT2D eigenvalue weighted by atomic mass is 32.2. The van der Waals surface area contributed by atoms with Gasteiger partial charge in [-0.3, -0.25) is 4.72 Å². The van der Waals surface area contributed by atoms with Crippen molar-refractivity contribution in [2.45, 2.75) is 13.2 Å². The molecule has 0 saturated heterocycles. The quantitative estimate of drug-likeness (QED) is 0.559. The summed E-state index contributed by atoms with van der Waals surface area (Å²) in [6, 6.07) is 16.3. The van der Waals surface area contributed by atoms with Gasteiger partial charge in [-0.05, 0) is 24.1 Å². The summed E-state index contributed by atoms with van der Waals surface area (Å²) in [5, 5.41) is 29.2. The maximum Gasteiger partial charge on any atom is 0.229 e. The van der Waals surface area contributed by atoms with Crippen LogP contribution in [0.25, 0.3) is 22.3 Å². The molecule has 0 aliphatic rings. The number of anilines is 1. The number of hydrogen-bond acceptors (Lipinski definition) is 5. The van der Waals surface area contributed by atoms with Gasteiger partial charge in [0.05, 0.1) is 23.2 Å². The molecule has 0 aliphatic carbocycles. The topological polar surface area (TPSA) is 115 Å². The number of rotatable bonds is 5. The van der Waals surface area contributed by atoms with Gasteiger partial charge < -0.3 is 14.8 Å². The van der Waals surface area contributed by atoms with Crippen molar-refractivity contribution in [1.29, 1.82) is 5.26 Å². The van der Waals surface area contributed by atoms with E-state index in [2.05, 4.69) is 10.8 Å². The molecule has 0 bridgehead atoms. The molecule has 0 unspecified atom stereocenters. The molecule has 0 spiro atoms. The Kier molecular flexibility index (Phi) is 5.48. The lowest BCUT2D eigenvalue weighted by Gasteiger charge is -2.13. The summed E-state index contributed by atoms with van der Waals surface area (Å²) in [4.78, 5) is 0. The summed E-state index contributed by atoms with van der Waals surface area (Å²) in [6.45, 7) is 1.75. The van der Waals surface area contributed by atoms with Crippen LogP contribution in [0.15, 0.2) is 48.5 Å². The number of aliphatic hydroxyl groups is 2. The second-order valence-electron chi connectivity index (χ2n) is 6.76. The van der Waals surface area contributed by atoms with Crippen LogP contribution in [0.5, 0.6) is 0 Å². The van der Waals surface area contributed by atoms with E-state index in [9.17, 15) is 23.9 Å². The molecule has 0 atom stereocenters. The molecule has 0 saturated carbocycles. The molecule has 0 aliphatic heterocycles. The van der Waals surface area contributed by atoms with E-state index in [1.165, 1.54) is 0 Å². The highest BCUT2D eigenvalue weighted by Crippen LogP contribution is 2.36. The standard InChI is InChI=1S/C21H21N3O4S/c1-13-17(12-22)19(20(21(25)26)24(13)2)15-10-8-14(9-11-15)16-6-4-5-7-18(16)23-29(3,27)28/h4-11,21,23,25-26H,1-3H3. The zero-order valence-electron chi connectivity index (χ0n) is 16.2. The van der Waals surface area contributed by atoms with Gasteiger partial charge in [0.25, 0.3) is 0 Å². The maximum atomic E-state index is 11.6. The summed E-state index contributed by atoms with van der Waals surface area (Å²) in [6.07, 6.45) is -0.634. The molecule has 3 rings (SSSR count). The van der Waals surface area contributed by atoms with Crippen LogP contribution in [-0.2, 0) is 17.1 Å². The number of para-hydroxylation sites is 1. The van der Waals surface area contributed by atoms with E-state index < -0.39 is 16.3 Å². The molecule has 150 valence electrons. The molecule has 7 nitrogen and oxygen atoms in total. The Bertz CT molecular complexity index is 1200. The molecule has 29 heavy (non-hydrogen) atoms. The lowest BCUT2D eigenvalue weighted by molar-refractivity contribution is -0.0473. The molecule has 0 amide bonds. The number of benzene rings is 2. The van der Waals surface area contributed by atoms with E-state index >= 15 is 0 Å². The molecule has 2 aromatic carbocycles. The highest BCUT2D eigenvalue weighted by molar-refractivity contribution is 7.92. The van der Waals surface area contributed by atoms with Crippen LogP contribution in [-0.4, -0.2) is 29.5 Å². The summed E-state index contributed by atoms with van der Waals surface area (Å²) >= 11 is 0. The number of aromatic nitrogens is 1. The van der Waals surface area contributed by atoms with Gasteiger partial charge in [-0.15, -0.1) is 0 Å². The molecular formula is C21H21N3O4S. The second kappa shape index (κ2) is 7.72. The van der Waals surface area contributed by atoms with Crippen molar-refractivity contribution in [3.05, 3.63) is 65.5 Å². The van der Waals surface area contributed by atoms with Crippen molar-refractivity contribution < 1.29 is 18.6 Å². The zero-order valence-corrected chi connectivity index (χ0v) is 17.0. The van der Waals surface area contributed by atoms with Gasteiger partial charge in [0, 0.05) is 23.9 Å². The summed E-state index contributed by atoms with van der Waals surface area (Å²) in [5.74, 6) is 0. The molecule has 0 fully saturated rings. The van der Waals surface area contributed by atoms with Crippen molar-refractivity contribution in [2.24, 2.45) is 7.05 Å². The minimum absolute atomic E-state index is 0.242. The number of nitrogens with zero attached hydrogens (tertiary/aromatic N) is 2. The number of sulfonamides is 1. The van der Waals surface area contributed by atoms with Crippen LogP contribution < -0.4 is 4.72 Å². The van der Waals surface area contributed by atoms with Crippen LogP contribution >= 0.6 is 0 Å². The normalized spacial score (nSPS) is 11.5. The van der Waals surface area contributed by atoms with Gasteiger partial charge in [-0.2, -0.15) is 5.26 Å². The fraction of sp³-hybridized carbons (Fsp3) is 0.190. The minimum Gasteiger partial charge on any atom is -0.363 e. The Hall–Kier alpha value is -3.12. The van der Waals surface area contributed by atoms with E-state index in [1.54, 1.807) is 61.0 Å². The van der Waals surface area contributed by atoms with E-state index in [0.717, 1.165) is 11.8 Å². The van der Waals surface area contributed by atoms with Crippen molar-refractivity contribution >= 4 is 15.7 Å². The first-order valence-corrected chi connectivity index (χ1v) is 10.7. The lowest BCUT2D eigenvalue weighted by Crippen LogP contribution is -2.10. The predicted molar refractivity (Wildman–Crippen MR) is 111 cm³/mol. The first-order chi connectivity index (χ1) is 13.6. The second-order valence-corrected chi connectivity index (χ2v) is 8.51. The molecule has 1 heterocycles. The first-order valence-electron chi connectivity index (χ1n) is 8.77. The molecule has 3 aromatic rings. The maximum absolute atomic E-state index is 11.6. The van der Waals surface area contributed by atoms with Crippen LogP contribution in [0.1, 0.15) is 23.2 Å². The molecule has 0 radical (unpaired) electrons. The lowest BCUT2D eigenvalue weighted by atomic mass is 9.97. The van der Waals surface area contributed by atoms with Crippen molar-refractivity contribution in [3.8, 4) is 28.3 Å². The summed E-state index contributed by atoms with van der Waals surface area (Å²) < 4.78 is 27.4. The average molecular weight is 411 g/mol. The third-order valence-corrected chi connectivity index (χ3v) is 5.39. The minimum atomic E-state index is -3.43. The van der Waals surface area contributed by atoms with Crippen LogP contribution in [0, 0.1) is 18.3 Å². The van der Waals surface area contributed by atoms with E-state index in [0.29, 0.717) is 33.6 Å². The van der Waals surface area contributed by atoms with Gasteiger partial charge in [-0.25, -0.2) is 8.42 Å². The van der Waals surface area contributed by atoms with Crippen LogP contribution in [0.2, 0.25) is 0 Å². The van der Waals surface area contributed by atoms with Crippen molar-refractivity contribution in [2.75, 3.05) is 11.0 Å². The third kappa shape index (κ3) is 4.03. The molecular weight excluding hydrogens is 390 g/mol. The van der Waals surface area contributed by atoms with Crippen molar-refractivity contribution in [1.82, 2.24) is 4.57 Å². The van der Waals surface area contributed by atoms with Gasteiger partial charge in [0.15, 0.2) is 6.29 Å². The fourth-order valence-corrected chi connectivity index (χ4v) is 3.97. The molecule has 8 heteroatoms. The Labute approximate surface area is 169 Å².